The van der Waals surface area contributed by atoms with E-state index in [2.05, 4.69) is 5.10 Å². The van der Waals surface area contributed by atoms with Gasteiger partial charge in [0.05, 0.1) is 11.0 Å². The van der Waals surface area contributed by atoms with Gasteiger partial charge in [-0.2, -0.15) is 13.2 Å². The number of likely N-dealkylation sites (tertiary alicyclic amines) is 1. The summed E-state index contributed by atoms with van der Waals surface area (Å²) in [6.45, 7) is 0.525. The summed E-state index contributed by atoms with van der Waals surface area (Å²) < 4.78 is 40.1. The summed E-state index contributed by atoms with van der Waals surface area (Å²) in [6.07, 6.45) is -1.28. The van der Waals surface area contributed by atoms with Crippen molar-refractivity contribution in [2.24, 2.45) is 7.05 Å². The van der Waals surface area contributed by atoms with Gasteiger partial charge in [0.15, 0.2) is 0 Å². The molecule has 0 N–H and O–H groups in total. The molecular weight excluding hydrogens is 407 g/mol. The smallest absolute Gasteiger partial charge is 0.339 e. The third-order valence-electron chi connectivity index (χ3n) is 4.90. The number of hydrogen-bond donors (Lipinski definition) is 0. The first-order valence-electron chi connectivity index (χ1n) is 9.02. The number of non-ortho nitro benzene ring substituents is 1. The molecule has 2 heterocycles. The van der Waals surface area contributed by atoms with E-state index in [1.807, 2.05) is 0 Å². The lowest BCUT2D eigenvalue weighted by atomic mass is 10.1. The predicted molar refractivity (Wildman–Crippen MR) is 99.5 cm³/mol. The highest BCUT2D eigenvalue weighted by atomic mass is 19.4. The first-order chi connectivity index (χ1) is 14.1. The van der Waals surface area contributed by atoms with Crippen molar-refractivity contribution in [1.82, 2.24) is 19.2 Å². The zero-order chi connectivity index (χ0) is 22.1. The van der Waals surface area contributed by atoms with Crippen LogP contribution in [-0.4, -0.2) is 43.2 Å². The van der Waals surface area contributed by atoms with Crippen LogP contribution in [0.15, 0.2) is 35.1 Å². The molecule has 30 heavy (non-hydrogen) atoms. The summed E-state index contributed by atoms with van der Waals surface area (Å²) in [5.74, 6) is -1.55. The fourth-order valence-electron chi connectivity index (χ4n) is 3.25. The summed E-state index contributed by atoms with van der Waals surface area (Å²) in [7, 11) is 1.02. The van der Waals surface area contributed by atoms with Crippen molar-refractivity contribution in [3.8, 4) is 0 Å². The third kappa shape index (κ3) is 4.42. The zero-order valence-corrected chi connectivity index (χ0v) is 15.9. The van der Waals surface area contributed by atoms with Gasteiger partial charge in [0.25, 0.3) is 5.69 Å². The molecule has 1 aliphatic heterocycles. The number of rotatable bonds is 4. The molecule has 1 fully saturated rings. The van der Waals surface area contributed by atoms with E-state index in [1.54, 1.807) is 0 Å². The highest BCUT2D eigenvalue weighted by Gasteiger charge is 2.39. The molecule has 160 valence electrons. The van der Waals surface area contributed by atoms with Crippen LogP contribution in [0, 0.1) is 10.1 Å². The van der Waals surface area contributed by atoms with Gasteiger partial charge in [-0.25, -0.2) is 9.48 Å². The molecule has 0 bridgehead atoms. The summed E-state index contributed by atoms with van der Waals surface area (Å²) >= 11 is 0. The van der Waals surface area contributed by atoms with Crippen LogP contribution < -0.4 is 5.69 Å². The summed E-state index contributed by atoms with van der Waals surface area (Å²) in [6, 6.07) is 5.16. The van der Waals surface area contributed by atoms with Crippen LogP contribution in [0.1, 0.15) is 30.3 Å². The molecule has 0 unspecified atom stereocenters. The van der Waals surface area contributed by atoms with Crippen molar-refractivity contribution in [2.75, 3.05) is 13.1 Å². The fourth-order valence-corrected chi connectivity index (χ4v) is 3.25. The highest BCUT2D eigenvalue weighted by molar-refractivity contribution is 5.91. The van der Waals surface area contributed by atoms with Gasteiger partial charge in [-0.05, 0) is 36.6 Å². The molecule has 0 aliphatic carbocycles. The number of nitro groups is 1. The number of hydrogen-bond acceptors (Lipinski definition) is 5. The molecule has 1 aliphatic rings. The van der Waals surface area contributed by atoms with Gasteiger partial charge in [0, 0.05) is 38.3 Å². The van der Waals surface area contributed by atoms with Gasteiger partial charge in [0.2, 0.25) is 11.7 Å². The summed E-state index contributed by atoms with van der Waals surface area (Å²) in [5, 5.41) is 14.1. The Bertz CT molecular complexity index is 1030. The monoisotopic (exact) mass is 425 g/mol. The zero-order valence-electron chi connectivity index (χ0n) is 15.9. The predicted octanol–water partition coefficient (Wildman–Crippen LogP) is 2.39. The van der Waals surface area contributed by atoms with Crippen LogP contribution in [0.5, 0.6) is 0 Å². The van der Waals surface area contributed by atoms with Crippen LogP contribution in [0.25, 0.3) is 6.08 Å². The van der Waals surface area contributed by atoms with Crippen LogP contribution >= 0.6 is 0 Å². The van der Waals surface area contributed by atoms with E-state index >= 15 is 0 Å². The van der Waals surface area contributed by atoms with Crippen molar-refractivity contribution in [2.45, 2.75) is 25.1 Å². The number of piperidine rings is 1. The first-order valence-corrected chi connectivity index (χ1v) is 9.02. The molecule has 0 saturated carbocycles. The van der Waals surface area contributed by atoms with Crippen LogP contribution in [0.3, 0.4) is 0 Å². The van der Waals surface area contributed by atoms with E-state index in [1.165, 1.54) is 41.3 Å². The summed E-state index contributed by atoms with van der Waals surface area (Å²) in [4.78, 5) is 36.1. The van der Waals surface area contributed by atoms with Crippen LogP contribution in [0.2, 0.25) is 0 Å². The number of carbonyl (C=O) groups is 1. The van der Waals surface area contributed by atoms with Crippen molar-refractivity contribution < 1.29 is 22.9 Å². The molecular formula is C18H18F3N5O4. The van der Waals surface area contributed by atoms with E-state index < -0.39 is 28.7 Å². The lowest BCUT2D eigenvalue weighted by molar-refractivity contribution is -0.384. The summed E-state index contributed by atoms with van der Waals surface area (Å²) in [5.41, 5.74) is -0.285. The second-order valence-corrected chi connectivity index (χ2v) is 6.85. The number of alkyl halides is 3. The first kappa shape index (κ1) is 21.3. The van der Waals surface area contributed by atoms with Gasteiger partial charge >= 0.3 is 11.9 Å². The molecule has 3 rings (SSSR count). The molecule has 1 aromatic carbocycles. The fraction of sp³-hybridized carbons (Fsp3) is 0.389. The maximum Gasteiger partial charge on any atom is 0.451 e. The third-order valence-corrected chi connectivity index (χ3v) is 4.90. The number of nitro benzene ring substituents is 1. The number of nitrogens with zero attached hydrogens (tertiary/aromatic N) is 5. The SMILES string of the molecule is Cn1c(C(F)(F)F)nn(C2CCN(C(=O)/C=C/c3ccc([N+](=O)[O-])cc3)CC2)c1=O. The van der Waals surface area contributed by atoms with Crippen molar-refractivity contribution >= 4 is 17.7 Å². The molecule has 2 aromatic rings. The number of halogens is 3. The minimum Gasteiger partial charge on any atom is -0.339 e. The molecule has 9 nitrogen and oxygen atoms in total. The lowest BCUT2D eigenvalue weighted by Gasteiger charge is -2.30. The van der Waals surface area contributed by atoms with E-state index in [0.29, 0.717) is 23.0 Å². The number of amides is 1. The Morgan fingerprint density at radius 1 is 1.23 bits per heavy atom. The Hall–Kier alpha value is -3.44. The highest BCUT2D eigenvalue weighted by Crippen LogP contribution is 2.28. The van der Waals surface area contributed by atoms with Gasteiger partial charge < -0.3 is 4.90 Å². The van der Waals surface area contributed by atoms with Crippen molar-refractivity contribution in [3.63, 3.8) is 0 Å². The number of benzene rings is 1. The Labute approximate surface area is 168 Å². The Morgan fingerprint density at radius 3 is 2.33 bits per heavy atom. The average molecular weight is 425 g/mol. The topological polar surface area (TPSA) is 103 Å². The number of aromatic nitrogens is 3. The molecule has 12 heteroatoms. The second-order valence-electron chi connectivity index (χ2n) is 6.85. The van der Waals surface area contributed by atoms with Crippen LogP contribution in [-0.2, 0) is 18.0 Å². The average Bonchev–Trinajstić information content (AvgIpc) is 3.01. The molecule has 0 atom stereocenters. The van der Waals surface area contributed by atoms with Gasteiger partial charge in [-0.15, -0.1) is 5.10 Å². The van der Waals surface area contributed by atoms with Gasteiger partial charge in [0.1, 0.15) is 0 Å². The quantitative estimate of drug-likeness (QED) is 0.425. The van der Waals surface area contributed by atoms with E-state index in [9.17, 15) is 32.9 Å². The maximum absolute atomic E-state index is 12.9. The molecule has 0 spiro atoms. The van der Waals surface area contributed by atoms with E-state index in [-0.39, 0.29) is 24.7 Å². The minimum absolute atomic E-state index is 0.0565. The minimum atomic E-state index is -4.72. The largest absolute Gasteiger partial charge is 0.451 e. The van der Waals surface area contributed by atoms with E-state index in [0.717, 1.165) is 11.7 Å². The van der Waals surface area contributed by atoms with Gasteiger partial charge in [-0.3, -0.25) is 19.5 Å². The molecule has 1 saturated heterocycles. The Kier molecular flexibility index (Phi) is 5.76. The molecule has 1 amide bonds. The molecule has 1 aromatic heterocycles. The second kappa shape index (κ2) is 8.13. The normalized spacial score (nSPS) is 15.7. The van der Waals surface area contributed by atoms with E-state index in [4.69, 9.17) is 0 Å². The number of carbonyl (C=O) groups excluding carboxylic acids is 1. The standard InChI is InChI=1S/C18H18F3N5O4/c1-23-16(18(19,20)21)22-25(17(23)28)13-8-10-24(11-9-13)15(27)7-4-12-2-5-14(6-3-12)26(29)30/h2-7,13H,8-11H2,1H3/b7-4+. The van der Waals surface area contributed by atoms with Gasteiger partial charge in [-0.1, -0.05) is 0 Å². The lowest BCUT2D eigenvalue weighted by Crippen LogP contribution is -2.40. The maximum atomic E-state index is 12.9. The van der Waals surface area contributed by atoms with Crippen LogP contribution in [0.4, 0.5) is 18.9 Å². The Morgan fingerprint density at radius 2 is 1.83 bits per heavy atom. The molecule has 0 radical (unpaired) electrons. The van der Waals surface area contributed by atoms with Crippen molar-refractivity contribution in [3.05, 3.63) is 62.3 Å². The Balaban J connectivity index is 1.62. The van der Waals surface area contributed by atoms with Crippen molar-refractivity contribution in [1.29, 1.82) is 0 Å².